The van der Waals surface area contributed by atoms with Crippen molar-refractivity contribution in [3.05, 3.63) is 72.1 Å². The van der Waals surface area contributed by atoms with E-state index in [9.17, 15) is 4.79 Å². The molecule has 7 nitrogen and oxygen atoms in total. The van der Waals surface area contributed by atoms with Gasteiger partial charge in [0.2, 0.25) is 0 Å². The first-order chi connectivity index (χ1) is 15.6. The van der Waals surface area contributed by atoms with E-state index >= 15 is 0 Å². The fourth-order valence-corrected chi connectivity index (χ4v) is 4.44. The SMILES string of the molecule is COc1ccc(C2C(CNC(=O)c3ccn(-c4ccc(OC)cc4)n3)CCCN2C)cc1. The minimum Gasteiger partial charge on any atom is -0.497 e. The van der Waals surface area contributed by atoms with Crippen LogP contribution in [0.5, 0.6) is 11.5 Å². The van der Waals surface area contributed by atoms with E-state index in [4.69, 9.17) is 9.47 Å². The molecule has 4 rings (SSSR count). The first kappa shape index (κ1) is 21.9. The summed E-state index contributed by atoms with van der Waals surface area (Å²) in [6.45, 7) is 1.66. The molecule has 2 heterocycles. The van der Waals surface area contributed by atoms with Gasteiger partial charge in [0.1, 0.15) is 11.5 Å². The van der Waals surface area contributed by atoms with Crippen LogP contribution in [0.2, 0.25) is 0 Å². The predicted molar refractivity (Wildman–Crippen MR) is 124 cm³/mol. The van der Waals surface area contributed by atoms with E-state index in [-0.39, 0.29) is 11.9 Å². The zero-order valence-corrected chi connectivity index (χ0v) is 18.8. The quantitative estimate of drug-likeness (QED) is 0.614. The number of ether oxygens (including phenoxy) is 2. The summed E-state index contributed by atoms with van der Waals surface area (Å²) >= 11 is 0. The fourth-order valence-electron chi connectivity index (χ4n) is 4.44. The summed E-state index contributed by atoms with van der Waals surface area (Å²) in [6.07, 6.45) is 3.99. The number of rotatable bonds is 7. The molecular formula is C25H30N4O3. The molecule has 32 heavy (non-hydrogen) atoms. The molecule has 2 atom stereocenters. The molecule has 0 bridgehead atoms. The number of piperidine rings is 1. The number of nitrogens with one attached hydrogen (secondary N) is 1. The molecule has 1 N–H and O–H groups in total. The molecule has 2 unspecified atom stereocenters. The monoisotopic (exact) mass is 434 g/mol. The van der Waals surface area contributed by atoms with Crippen LogP contribution in [0.25, 0.3) is 5.69 Å². The van der Waals surface area contributed by atoms with Gasteiger partial charge in [-0.2, -0.15) is 5.10 Å². The van der Waals surface area contributed by atoms with E-state index in [2.05, 4.69) is 34.5 Å². The zero-order valence-electron chi connectivity index (χ0n) is 18.8. The van der Waals surface area contributed by atoms with E-state index in [1.807, 2.05) is 36.4 Å². The maximum atomic E-state index is 12.8. The molecule has 168 valence electrons. The molecule has 1 fully saturated rings. The predicted octanol–water partition coefficient (Wildman–Crippen LogP) is 3.70. The number of benzene rings is 2. The van der Waals surface area contributed by atoms with Gasteiger partial charge in [0.25, 0.3) is 5.91 Å². The van der Waals surface area contributed by atoms with Gasteiger partial charge in [-0.05, 0) is 80.4 Å². The largest absolute Gasteiger partial charge is 0.497 e. The Bertz CT molecular complexity index is 1030. The lowest BCUT2D eigenvalue weighted by Gasteiger charge is -2.39. The number of likely N-dealkylation sites (tertiary alicyclic amines) is 1. The van der Waals surface area contributed by atoms with Crippen LogP contribution in [-0.2, 0) is 0 Å². The highest BCUT2D eigenvalue weighted by Gasteiger charge is 2.31. The molecule has 7 heteroatoms. The smallest absolute Gasteiger partial charge is 0.271 e. The van der Waals surface area contributed by atoms with Gasteiger partial charge in [-0.15, -0.1) is 0 Å². The maximum absolute atomic E-state index is 12.8. The van der Waals surface area contributed by atoms with Gasteiger partial charge >= 0.3 is 0 Å². The molecule has 1 saturated heterocycles. The molecule has 1 aliphatic rings. The van der Waals surface area contributed by atoms with Gasteiger partial charge in [0, 0.05) is 18.8 Å². The minimum atomic E-state index is -0.154. The van der Waals surface area contributed by atoms with Crippen molar-refractivity contribution in [2.75, 3.05) is 34.4 Å². The Morgan fingerprint density at radius 1 is 1.03 bits per heavy atom. The second-order valence-corrected chi connectivity index (χ2v) is 8.15. The summed E-state index contributed by atoms with van der Waals surface area (Å²) < 4.78 is 12.2. The summed E-state index contributed by atoms with van der Waals surface area (Å²) in [5, 5.41) is 7.56. The number of carbonyl (C=O) groups excluding carboxylic acids is 1. The summed E-state index contributed by atoms with van der Waals surface area (Å²) in [7, 11) is 5.46. The van der Waals surface area contributed by atoms with Crippen LogP contribution in [0.1, 0.15) is 34.9 Å². The second-order valence-electron chi connectivity index (χ2n) is 8.15. The lowest BCUT2D eigenvalue weighted by molar-refractivity contribution is 0.0886. The summed E-state index contributed by atoms with van der Waals surface area (Å²) in [5.41, 5.74) is 2.53. The number of hydrogen-bond acceptors (Lipinski definition) is 5. The van der Waals surface area contributed by atoms with E-state index in [0.29, 0.717) is 18.2 Å². The van der Waals surface area contributed by atoms with Gasteiger partial charge in [-0.25, -0.2) is 4.68 Å². The molecule has 0 spiro atoms. The van der Waals surface area contributed by atoms with Gasteiger partial charge in [0.05, 0.1) is 19.9 Å². The van der Waals surface area contributed by atoms with E-state index < -0.39 is 0 Å². The normalized spacial score (nSPS) is 18.8. The van der Waals surface area contributed by atoms with Gasteiger partial charge < -0.3 is 14.8 Å². The molecule has 1 aliphatic heterocycles. The number of hydrogen-bond donors (Lipinski definition) is 1. The highest BCUT2D eigenvalue weighted by Crippen LogP contribution is 2.35. The molecule has 2 aromatic carbocycles. The Morgan fingerprint density at radius 3 is 2.34 bits per heavy atom. The van der Waals surface area contributed by atoms with Gasteiger partial charge in [-0.3, -0.25) is 9.69 Å². The van der Waals surface area contributed by atoms with Crippen molar-refractivity contribution in [1.82, 2.24) is 20.0 Å². The third-order valence-electron chi connectivity index (χ3n) is 6.15. The molecule has 0 saturated carbocycles. The van der Waals surface area contributed by atoms with Crippen molar-refractivity contribution in [2.24, 2.45) is 5.92 Å². The highest BCUT2D eigenvalue weighted by atomic mass is 16.5. The number of nitrogens with zero attached hydrogens (tertiary/aromatic N) is 3. The topological polar surface area (TPSA) is 68.6 Å². The first-order valence-electron chi connectivity index (χ1n) is 10.9. The maximum Gasteiger partial charge on any atom is 0.271 e. The van der Waals surface area contributed by atoms with Gasteiger partial charge in [-0.1, -0.05) is 12.1 Å². The number of amides is 1. The molecule has 1 aromatic heterocycles. The average Bonchev–Trinajstić information content (AvgIpc) is 3.33. The number of methoxy groups -OCH3 is 2. The third-order valence-corrected chi connectivity index (χ3v) is 6.15. The Morgan fingerprint density at radius 2 is 1.69 bits per heavy atom. The summed E-state index contributed by atoms with van der Waals surface area (Å²) in [6, 6.07) is 17.8. The van der Waals surface area contributed by atoms with Crippen molar-refractivity contribution in [3.8, 4) is 17.2 Å². The zero-order chi connectivity index (χ0) is 22.5. The fraction of sp³-hybridized carbons (Fsp3) is 0.360. The molecule has 0 radical (unpaired) electrons. The van der Waals surface area contributed by atoms with Crippen molar-refractivity contribution in [2.45, 2.75) is 18.9 Å². The van der Waals surface area contributed by atoms with E-state index in [1.165, 1.54) is 5.56 Å². The van der Waals surface area contributed by atoms with Crippen LogP contribution in [0.15, 0.2) is 60.8 Å². The first-order valence-corrected chi connectivity index (χ1v) is 10.9. The molecular weight excluding hydrogens is 404 g/mol. The van der Waals surface area contributed by atoms with Crippen LogP contribution < -0.4 is 14.8 Å². The Kier molecular flexibility index (Phi) is 6.75. The lowest BCUT2D eigenvalue weighted by Crippen LogP contribution is -2.41. The van der Waals surface area contributed by atoms with Crippen molar-refractivity contribution in [1.29, 1.82) is 0 Å². The second kappa shape index (κ2) is 9.87. The third kappa shape index (κ3) is 4.78. The summed E-state index contributed by atoms with van der Waals surface area (Å²) in [4.78, 5) is 15.2. The van der Waals surface area contributed by atoms with E-state index in [1.54, 1.807) is 31.2 Å². The standard InChI is InChI=1S/C25H30N4O3/c1-28-15-4-5-19(24(28)18-6-10-21(31-2)11-7-18)17-26-25(30)23-14-16-29(27-23)20-8-12-22(32-3)13-9-20/h6-14,16,19,24H,4-5,15,17H2,1-3H3,(H,26,30). The van der Waals surface area contributed by atoms with Crippen molar-refractivity contribution < 1.29 is 14.3 Å². The van der Waals surface area contributed by atoms with Crippen molar-refractivity contribution >= 4 is 5.91 Å². The molecule has 3 aromatic rings. The average molecular weight is 435 g/mol. The lowest BCUT2D eigenvalue weighted by atomic mass is 9.85. The van der Waals surface area contributed by atoms with Crippen LogP contribution in [0.4, 0.5) is 0 Å². The Hall–Kier alpha value is -3.32. The van der Waals surface area contributed by atoms with Crippen LogP contribution >= 0.6 is 0 Å². The van der Waals surface area contributed by atoms with Crippen LogP contribution in [0, 0.1) is 5.92 Å². The Balaban J connectivity index is 1.42. The molecule has 0 aliphatic carbocycles. The van der Waals surface area contributed by atoms with Crippen LogP contribution in [-0.4, -0.2) is 54.9 Å². The molecule has 1 amide bonds. The number of aromatic nitrogens is 2. The highest BCUT2D eigenvalue weighted by molar-refractivity contribution is 5.92. The minimum absolute atomic E-state index is 0.154. The van der Waals surface area contributed by atoms with Crippen molar-refractivity contribution in [3.63, 3.8) is 0 Å². The Labute approximate surface area is 188 Å². The van der Waals surface area contributed by atoms with E-state index in [0.717, 1.165) is 36.6 Å². The summed E-state index contributed by atoms with van der Waals surface area (Å²) in [5.74, 6) is 1.81. The number of carbonyl (C=O) groups is 1. The van der Waals surface area contributed by atoms with Gasteiger partial charge in [0.15, 0.2) is 5.69 Å². The van der Waals surface area contributed by atoms with Crippen LogP contribution in [0.3, 0.4) is 0 Å².